The molecule has 0 fully saturated rings. The summed E-state index contributed by atoms with van der Waals surface area (Å²) in [6.07, 6.45) is 0.975. The van der Waals surface area contributed by atoms with Gasteiger partial charge in [-0.25, -0.2) is 4.79 Å². The second-order valence-electron chi connectivity index (χ2n) is 3.53. The molecule has 0 aliphatic carbocycles. The molecule has 1 aromatic heterocycles. The first-order valence-corrected chi connectivity index (χ1v) is 6.04. The van der Waals surface area contributed by atoms with Gasteiger partial charge >= 0.3 is 24.8 Å². The molecule has 2 rings (SSSR count). The van der Waals surface area contributed by atoms with Crippen LogP contribution in [-0.2, 0) is 0 Å². The average molecular weight is 243 g/mol. The van der Waals surface area contributed by atoms with E-state index >= 15 is 0 Å². The van der Waals surface area contributed by atoms with E-state index in [-0.39, 0.29) is 18.9 Å². The predicted octanol–water partition coefficient (Wildman–Crippen LogP) is 2.77. The van der Waals surface area contributed by atoms with Crippen LogP contribution in [0.4, 0.5) is 5.69 Å². The van der Waals surface area contributed by atoms with Gasteiger partial charge in [-0.2, -0.15) is 0 Å². The van der Waals surface area contributed by atoms with Crippen LogP contribution >= 0.6 is 11.3 Å². The summed E-state index contributed by atoms with van der Waals surface area (Å²) in [5.74, 6) is -0.861. The number of fused-ring (bicyclic) bond motifs is 1. The van der Waals surface area contributed by atoms with Gasteiger partial charge in [0.15, 0.2) is 0 Å². The van der Waals surface area contributed by atoms with Gasteiger partial charge in [-0.05, 0) is 12.5 Å². The molecule has 0 saturated carbocycles. The van der Waals surface area contributed by atoms with Gasteiger partial charge in [-0.15, -0.1) is 11.3 Å². The molecule has 0 radical (unpaired) electrons. The standard InChI is InChI=1S/C12H13NO2S.Li.H/c1-2-7-13-10-8-5-3-4-6-9(8)16-11(10)12(14)15;;/h3-6,13H,2,7H2,1H3,(H,14,15);;. The zero-order chi connectivity index (χ0) is 11.5. The zero-order valence-corrected chi connectivity index (χ0v) is 9.80. The fraction of sp³-hybridized carbons (Fsp3) is 0.250. The summed E-state index contributed by atoms with van der Waals surface area (Å²) >= 11 is 1.32. The van der Waals surface area contributed by atoms with Gasteiger partial charge in [-0.3, -0.25) is 0 Å². The normalized spacial score (nSPS) is 9.94. The topological polar surface area (TPSA) is 49.3 Å². The third-order valence-corrected chi connectivity index (χ3v) is 3.50. The van der Waals surface area contributed by atoms with Crippen LogP contribution in [0.25, 0.3) is 10.1 Å². The number of benzene rings is 1. The van der Waals surface area contributed by atoms with Crippen molar-refractivity contribution in [2.24, 2.45) is 0 Å². The van der Waals surface area contributed by atoms with Gasteiger partial charge in [0.05, 0.1) is 5.69 Å². The number of hydrogen-bond donors (Lipinski definition) is 2. The Morgan fingerprint density at radius 3 is 2.76 bits per heavy atom. The summed E-state index contributed by atoms with van der Waals surface area (Å²) < 4.78 is 1.01. The number of aromatic carboxylic acids is 1. The van der Waals surface area contributed by atoms with E-state index in [0.29, 0.717) is 4.88 Å². The fourth-order valence-corrected chi connectivity index (χ4v) is 2.64. The molecule has 2 N–H and O–H groups in total. The Bertz CT molecular complexity index is 524. The van der Waals surface area contributed by atoms with Crippen molar-refractivity contribution in [1.82, 2.24) is 0 Å². The van der Waals surface area contributed by atoms with E-state index in [4.69, 9.17) is 5.11 Å². The Morgan fingerprint density at radius 2 is 2.12 bits per heavy atom. The van der Waals surface area contributed by atoms with Crippen LogP contribution in [0, 0.1) is 0 Å². The van der Waals surface area contributed by atoms with Crippen LogP contribution in [0.2, 0.25) is 0 Å². The molecule has 1 aromatic carbocycles. The molecule has 5 heteroatoms. The van der Waals surface area contributed by atoms with E-state index in [2.05, 4.69) is 12.2 Å². The summed E-state index contributed by atoms with van der Waals surface area (Å²) in [4.78, 5) is 11.5. The Kier molecular flexibility index (Phi) is 5.07. The van der Waals surface area contributed by atoms with Crippen molar-refractivity contribution in [3.05, 3.63) is 29.1 Å². The minimum absolute atomic E-state index is 0. The van der Waals surface area contributed by atoms with E-state index in [9.17, 15) is 4.79 Å². The van der Waals surface area contributed by atoms with Crippen LogP contribution in [-0.4, -0.2) is 36.5 Å². The number of rotatable bonds is 4. The minimum atomic E-state index is -0.861. The van der Waals surface area contributed by atoms with E-state index < -0.39 is 5.97 Å². The molecule has 0 bridgehead atoms. The molecule has 0 unspecified atom stereocenters. The molecular formula is C12H14LiNO2S. The van der Waals surface area contributed by atoms with Crippen LogP contribution in [0.1, 0.15) is 23.0 Å². The first kappa shape index (κ1) is 14.1. The second kappa shape index (κ2) is 6.11. The molecule has 3 nitrogen and oxygen atoms in total. The van der Waals surface area contributed by atoms with Crippen LogP contribution in [0.5, 0.6) is 0 Å². The third-order valence-electron chi connectivity index (χ3n) is 2.34. The summed E-state index contributed by atoms with van der Waals surface area (Å²) in [6.45, 7) is 2.85. The monoisotopic (exact) mass is 243 g/mol. The van der Waals surface area contributed by atoms with Crippen molar-refractivity contribution in [2.45, 2.75) is 13.3 Å². The Morgan fingerprint density at radius 1 is 1.41 bits per heavy atom. The van der Waals surface area contributed by atoms with Crippen molar-refractivity contribution >= 4 is 51.9 Å². The van der Waals surface area contributed by atoms with Crippen molar-refractivity contribution < 1.29 is 9.90 Å². The summed E-state index contributed by atoms with van der Waals surface area (Å²) in [5, 5.41) is 13.3. The molecular weight excluding hydrogens is 229 g/mol. The predicted molar refractivity (Wildman–Crippen MR) is 74.7 cm³/mol. The number of anilines is 1. The first-order chi connectivity index (χ1) is 7.74. The van der Waals surface area contributed by atoms with Gasteiger partial charge < -0.3 is 10.4 Å². The van der Waals surface area contributed by atoms with Crippen LogP contribution in [0.15, 0.2) is 24.3 Å². The Balaban J connectivity index is 0.00000144. The zero-order valence-electron chi connectivity index (χ0n) is 8.99. The molecule has 0 atom stereocenters. The average Bonchev–Trinajstić information content (AvgIpc) is 2.65. The molecule has 2 aromatic rings. The maximum atomic E-state index is 11.1. The second-order valence-corrected chi connectivity index (χ2v) is 4.59. The molecule has 0 spiro atoms. The summed E-state index contributed by atoms with van der Waals surface area (Å²) in [5.41, 5.74) is 0.759. The third kappa shape index (κ3) is 2.84. The number of carboxylic acids is 1. The number of thiophene rings is 1. The molecule has 86 valence electrons. The molecule has 17 heavy (non-hydrogen) atoms. The number of hydrogen-bond acceptors (Lipinski definition) is 3. The molecule has 0 aliphatic heterocycles. The maximum absolute atomic E-state index is 11.1. The molecule has 0 saturated heterocycles. The quantitative estimate of drug-likeness (QED) is 0.812. The van der Waals surface area contributed by atoms with Gasteiger partial charge in [0.1, 0.15) is 4.88 Å². The summed E-state index contributed by atoms with van der Waals surface area (Å²) in [7, 11) is 0. The number of carbonyl (C=O) groups is 1. The Labute approximate surface area is 116 Å². The Hall–Kier alpha value is -0.953. The van der Waals surface area contributed by atoms with Gasteiger partial charge in [-0.1, -0.05) is 25.1 Å². The molecule has 0 amide bonds. The van der Waals surface area contributed by atoms with Crippen molar-refractivity contribution in [2.75, 3.05) is 11.9 Å². The van der Waals surface area contributed by atoms with Crippen molar-refractivity contribution in [1.29, 1.82) is 0 Å². The fourth-order valence-electron chi connectivity index (χ4n) is 1.62. The number of nitrogens with one attached hydrogen (secondary N) is 1. The molecule has 1 heterocycles. The van der Waals surface area contributed by atoms with E-state index in [1.54, 1.807) is 0 Å². The van der Waals surface area contributed by atoms with Crippen molar-refractivity contribution in [3.63, 3.8) is 0 Å². The van der Waals surface area contributed by atoms with E-state index in [1.807, 2.05) is 24.3 Å². The van der Waals surface area contributed by atoms with Gasteiger partial charge in [0.2, 0.25) is 0 Å². The van der Waals surface area contributed by atoms with Gasteiger partial charge in [0.25, 0.3) is 0 Å². The van der Waals surface area contributed by atoms with E-state index in [0.717, 1.165) is 28.7 Å². The van der Waals surface area contributed by atoms with Crippen LogP contribution in [0.3, 0.4) is 0 Å². The molecule has 0 aliphatic rings. The summed E-state index contributed by atoms with van der Waals surface area (Å²) in [6, 6.07) is 7.76. The van der Waals surface area contributed by atoms with Gasteiger partial charge in [0, 0.05) is 16.6 Å². The van der Waals surface area contributed by atoms with Crippen molar-refractivity contribution in [3.8, 4) is 0 Å². The van der Waals surface area contributed by atoms with E-state index in [1.165, 1.54) is 11.3 Å². The SMILES string of the molecule is CCCNc1c(C(=O)O)sc2ccccc12.[LiH]. The van der Waals surface area contributed by atoms with Crippen LogP contribution < -0.4 is 5.32 Å². The number of carboxylic acid groups (broad SMARTS) is 1. The first-order valence-electron chi connectivity index (χ1n) is 5.22.